The highest BCUT2D eigenvalue weighted by atomic mass is 32.2. The summed E-state index contributed by atoms with van der Waals surface area (Å²) in [6.45, 7) is 1.74. The van der Waals surface area contributed by atoms with Crippen molar-refractivity contribution in [3.05, 3.63) is 29.8 Å². The second-order valence-electron chi connectivity index (χ2n) is 5.47. The van der Waals surface area contributed by atoms with Crippen molar-refractivity contribution in [2.75, 3.05) is 26.0 Å². The third-order valence-corrected chi connectivity index (χ3v) is 5.37. The first-order chi connectivity index (χ1) is 10.2. The molecule has 1 aliphatic carbocycles. The molecule has 0 spiro atoms. The van der Waals surface area contributed by atoms with Gasteiger partial charge in [0, 0.05) is 17.8 Å². The first-order valence-corrected chi connectivity index (χ1v) is 8.47. The van der Waals surface area contributed by atoms with Crippen molar-refractivity contribution in [3.63, 3.8) is 0 Å². The highest BCUT2D eigenvalue weighted by molar-refractivity contribution is 8.00. The fourth-order valence-corrected chi connectivity index (χ4v) is 3.31. The van der Waals surface area contributed by atoms with E-state index in [-0.39, 0.29) is 6.61 Å². The first-order valence-electron chi connectivity index (χ1n) is 7.24. The average Bonchev–Trinajstić information content (AvgIpc) is 2.48. The number of nitriles is 1. The van der Waals surface area contributed by atoms with E-state index in [2.05, 4.69) is 17.6 Å². The van der Waals surface area contributed by atoms with Crippen LogP contribution in [0.25, 0.3) is 0 Å². The van der Waals surface area contributed by atoms with E-state index in [0.29, 0.717) is 22.6 Å². The maximum atomic E-state index is 9.92. The van der Waals surface area contributed by atoms with E-state index in [1.165, 1.54) is 19.3 Å². The molecular weight excluding hydrogens is 284 g/mol. The third kappa shape index (κ3) is 4.63. The van der Waals surface area contributed by atoms with Gasteiger partial charge in [-0.1, -0.05) is 6.42 Å². The molecule has 1 aromatic carbocycles. The van der Waals surface area contributed by atoms with Gasteiger partial charge < -0.3 is 15.2 Å². The molecule has 0 aromatic heterocycles. The predicted molar refractivity (Wildman–Crippen MR) is 85.6 cm³/mol. The molecule has 2 N–H and O–H groups in total. The molecule has 21 heavy (non-hydrogen) atoms. The van der Waals surface area contributed by atoms with E-state index >= 15 is 0 Å². The van der Waals surface area contributed by atoms with E-state index < -0.39 is 6.10 Å². The Morgan fingerprint density at radius 3 is 2.67 bits per heavy atom. The molecule has 114 valence electrons. The Hall–Kier alpha value is -1.22. The topological polar surface area (TPSA) is 65.3 Å². The van der Waals surface area contributed by atoms with Gasteiger partial charge in [0.05, 0.1) is 11.6 Å². The van der Waals surface area contributed by atoms with E-state index in [1.807, 2.05) is 11.8 Å². The molecule has 4 nitrogen and oxygen atoms in total. The van der Waals surface area contributed by atoms with E-state index in [4.69, 9.17) is 10.00 Å². The van der Waals surface area contributed by atoms with Crippen LogP contribution in [0.4, 0.5) is 0 Å². The SMILES string of the molecule is CSC1(CNCC(O)COc2ccc(C#N)cc2)CCC1. The number of nitrogens with zero attached hydrogens (tertiary/aromatic N) is 1. The van der Waals surface area contributed by atoms with Crippen molar-refractivity contribution in [2.45, 2.75) is 30.1 Å². The van der Waals surface area contributed by atoms with Gasteiger partial charge in [0.15, 0.2) is 0 Å². The molecule has 0 heterocycles. The van der Waals surface area contributed by atoms with Crippen molar-refractivity contribution in [2.24, 2.45) is 0 Å². The van der Waals surface area contributed by atoms with Gasteiger partial charge in [-0.25, -0.2) is 0 Å². The molecule has 0 radical (unpaired) electrons. The summed E-state index contributed by atoms with van der Waals surface area (Å²) < 4.78 is 5.89. The standard InChI is InChI=1S/C16H22N2O2S/c1-21-16(7-2-8-16)12-18-10-14(19)11-20-15-5-3-13(9-17)4-6-15/h3-6,14,18-19H,2,7-8,10-12H2,1H3. The zero-order valence-corrected chi connectivity index (χ0v) is 13.2. The number of hydrogen-bond acceptors (Lipinski definition) is 5. The highest BCUT2D eigenvalue weighted by Crippen LogP contribution is 2.42. The molecule has 1 aliphatic rings. The van der Waals surface area contributed by atoms with Crippen molar-refractivity contribution >= 4 is 11.8 Å². The lowest BCUT2D eigenvalue weighted by Gasteiger charge is -2.40. The van der Waals surface area contributed by atoms with Crippen molar-refractivity contribution in [3.8, 4) is 11.8 Å². The Kier molecular flexibility index (Phi) is 5.92. The smallest absolute Gasteiger partial charge is 0.119 e. The fourth-order valence-electron chi connectivity index (χ4n) is 2.37. The maximum Gasteiger partial charge on any atom is 0.119 e. The minimum absolute atomic E-state index is 0.255. The molecule has 0 bridgehead atoms. The van der Waals surface area contributed by atoms with Crippen LogP contribution >= 0.6 is 11.8 Å². The van der Waals surface area contributed by atoms with Gasteiger partial charge in [0.2, 0.25) is 0 Å². The quantitative estimate of drug-likeness (QED) is 0.770. The van der Waals surface area contributed by atoms with Crippen molar-refractivity contribution < 1.29 is 9.84 Å². The van der Waals surface area contributed by atoms with Crippen LogP contribution in [-0.2, 0) is 0 Å². The number of nitrogens with one attached hydrogen (secondary N) is 1. The van der Waals surface area contributed by atoms with Crippen LogP contribution < -0.4 is 10.1 Å². The summed E-state index contributed by atoms with van der Waals surface area (Å²) >= 11 is 1.92. The van der Waals surface area contributed by atoms with Crippen LogP contribution in [0, 0.1) is 11.3 Å². The summed E-state index contributed by atoms with van der Waals surface area (Å²) in [6, 6.07) is 8.97. The molecule has 0 aliphatic heterocycles. The van der Waals surface area contributed by atoms with Crippen LogP contribution in [0.3, 0.4) is 0 Å². The number of rotatable bonds is 8. The maximum absolute atomic E-state index is 9.92. The van der Waals surface area contributed by atoms with E-state index in [0.717, 1.165) is 6.54 Å². The Morgan fingerprint density at radius 2 is 2.14 bits per heavy atom. The monoisotopic (exact) mass is 306 g/mol. The second kappa shape index (κ2) is 7.69. The zero-order valence-electron chi connectivity index (χ0n) is 12.3. The van der Waals surface area contributed by atoms with Gasteiger partial charge in [0.25, 0.3) is 0 Å². The molecule has 5 heteroatoms. The Morgan fingerprint density at radius 1 is 1.43 bits per heavy atom. The minimum Gasteiger partial charge on any atom is -0.491 e. The van der Waals surface area contributed by atoms with Crippen LogP contribution in [-0.4, -0.2) is 41.9 Å². The van der Waals surface area contributed by atoms with Gasteiger partial charge in [-0.3, -0.25) is 0 Å². The minimum atomic E-state index is -0.528. The lowest BCUT2D eigenvalue weighted by atomic mass is 9.84. The van der Waals surface area contributed by atoms with E-state index in [1.54, 1.807) is 24.3 Å². The largest absolute Gasteiger partial charge is 0.491 e. The van der Waals surface area contributed by atoms with Crippen LogP contribution in [0.15, 0.2) is 24.3 Å². The van der Waals surface area contributed by atoms with Crippen molar-refractivity contribution in [1.29, 1.82) is 5.26 Å². The second-order valence-corrected chi connectivity index (χ2v) is 6.75. The normalized spacial score (nSPS) is 17.6. The van der Waals surface area contributed by atoms with Crippen LogP contribution in [0.1, 0.15) is 24.8 Å². The Labute approximate surface area is 130 Å². The van der Waals surface area contributed by atoms with Gasteiger partial charge in [0.1, 0.15) is 18.5 Å². The zero-order chi connectivity index (χ0) is 15.1. The number of hydrogen-bond donors (Lipinski definition) is 2. The number of benzene rings is 1. The summed E-state index contributed by atoms with van der Waals surface area (Å²) in [5.74, 6) is 0.674. The molecule has 1 saturated carbocycles. The highest BCUT2D eigenvalue weighted by Gasteiger charge is 2.35. The first kappa shape index (κ1) is 16.2. The molecule has 2 rings (SSSR count). The summed E-state index contributed by atoms with van der Waals surface area (Å²) in [7, 11) is 0. The van der Waals surface area contributed by atoms with E-state index in [9.17, 15) is 5.11 Å². The lowest BCUT2D eigenvalue weighted by Crippen LogP contribution is -2.45. The number of aliphatic hydroxyl groups excluding tert-OH is 1. The van der Waals surface area contributed by atoms with Crippen molar-refractivity contribution in [1.82, 2.24) is 5.32 Å². The van der Waals surface area contributed by atoms with Gasteiger partial charge >= 0.3 is 0 Å². The summed E-state index contributed by atoms with van der Waals surface area (Å²) in [6.07, 6.45) is 5.47. The molecule has 1 unspecified atom stereocenters. The van der Waals surface area contributed by atoms with Gasteiger partial charge in [-0.2, -0.15) is 17.0 Å². The van der Waals surface area contributed by atoms with Crippen LogP contribution in [0.2, 0.25) is 0 Å². The summed E-state index contributed by atoms with van der Waals surface area (Å²) in [5, 5.41) is 22.0. The molecule has 1 aromatic rings. The number of aliphatic hydroxyl groups is 1. The average molecular weight is 306 g/mol. The number of ether oxygens (including phenoxy) is 1. The lowest BCUT2D eigenvalue weighted by molar-refractivity contribution is 0.105. The third-order valence-electron chi connectivity index (χ3n) is 3.95. The molecule has 0 amide bonds. The fraction of sp³-hybridized carbons (Fsp3) is 0.562. The number of thioether (sulfide) groups is 1. The molecule has 1 fully saturated rings. The Bertz CT molecular complexity index is 475. The summed E-state index contributed by atoms with van der Waals surface area (Å²) in [4.78, 5) is 0. The molecular formula is C16H22N2O2S. The Balaban J connectivity index is 1.65. The van der Waals surface area contributed by atoms with Crippen LogP contribution in [0.5, 0.6) is 5.75 Å². The molecule has 1 atom stereocenters. The van der Waals surface area contributed by atoms with Gasteiger partial charge in [-0.15, -0.1) is 0 Å². The predicted octanol–water partition coefficient (Wildman–Crippen LogP) is 2.17. The van der Waals surface area contributed by atoms with Gasteiger partial charge in [-0.05, 0) is 43.4 Å². The molecule has 0 saturated heterocycles. The summed E-state index contributed by atoms with van der Waals surface area (Å²) in [5.41, 5.74) is 0.604.